The molecule has 0 radical (unpaired) electrons. The van der Waals surface area contributed by atoms with Crippen molar-refractivity contribution in [2.24, 2.45) is 0 Å². The highest BCUT2D eigenvalue weighted by Crippen LogP contribution is 2.42. The first-order chi connectivity index (χ1) is 10.9. The largest absolute Gasteiger partial charge is 0.546 e. The Kier molecular flexibility index (Phi) is 6.35. The Hall–Kier alpha value is -0.349. The van der Waals surface area contributed by atoms with Crippen LogP contribution in [0.5, 0.6) is 0 Å². The highest BCUT2D eigenvalue weighted by Gasteiger charge is 2.58. The van der Waals surface area contributed by atoms with Crippen LogP contribution in [0.4, 0.5) is 8.22 Å². The van der Waals surface area contributed by atoms with Gasteiger partial charge in [0.2, 0.25) is 0 Å². The smallest absolute Gasteiger partial charge is 0.284 e. The molecule has 0 bridgehead atoms. The van der Waals surface area contributed by atoms with Crippen LogP contribution in [0.1, 0.15) is 41.5 Å². The van der Waals surface area contributed by atoms with Gasteiger partial charge in [-0.25, -0.2) is 12.6 Å². The SMILES string of the molecule is CC(C)(C)[Si](C)(C)NN([Si](F)(F)c1ccccc1)[Si](C)(C)C(C)(C)C. The highest BCUT2D eigenvalue weighted by molar-refractivity contribution is 6.94. The van der Waals surface area contributed by atoms with Crippen molar-refractivity contribution in [1.29, 1.82) is 0 Å². The van der Waals surface area contributed by atoms with Gasteiger partial charge in [0.15, 0.2) is 0 Å². The van der Waals surface area contributed by atoms with Crippen molar-refractivity contribution in [2.45, 2.75) is 77.8 Å². The Labute approximate surface area is 156 Å². The summed E-state index contributed by atoms with van der Waals surface area (Å²) in [5.74, 6) is 0. The molecule has 0 atom stereocenters. The second kappa shape index (κ2) is 6.99. The van der Waals surface area contributed by atoms with Crippen molar-refractivity contribution in [3.63, 3.8) is 0 Å². The van der Waals surface area contributed by atoms with Gasteiger partial charge in [-0.05, 0) is 10.1 Å². The Morgan fingerprint density at radius 3 is 1.60 bits per heavy atom. The van der Waals surface area contributed by atoms with E-state index in [1.165, 1.54) is 4.34 Å². The number of hydrazine groups is 1. The van der Waals surface area contributed by atoms with Gasteiger partial charge in [-0.3, -0.25) is 5.09 Å². The molecule has 0 heterocycles. The van der Waals surface area contributed by atoms with Crippen molar-refractivity contribution in [3.8, 4) is 0 Å². The maximum absolute atomic E-state index is 15.8. The fourth-order valence-corrected chi connectivity index (χ4v) is 12.1. The summed E-state index contributed by atoms with van der Waals surface area (Å²) in [6, 6.07) is 8.39. The second-order valence-corrected chi connectivity index (χ2v) is 22.6. The summed E-state index contributed by atoms with van der Waals surface area (Å²) in [6.07, 6.45) is 0. The number of hydrogen-bond acceptors (Lipinski definition) is 2. The number of halogens is 2. The third-order valence-electron chi connectivity index (χ3n) is 6.06. The van der Waals surface area contributed by atoms with Gasteiger partial charge in [-0.1, -0.05) is 98.1 Å². The predicted molar refractivity (Wildman–Crippen MR) is 113 cm³/mol. The van der Waals surface area contributed by atoms with E-state index >= 15 is 8.22 Å². The van der Waals surface area contributed by atoms with Crippen LogP contribution in [0, 0.1) is 0 Å². The number of nitrogens with zero attached hydrogens (tertiary/aromatic N) is 1. The van der Waals surface area contributed by atoms with E-state index in [0.29, 0.717) is 0 Å². The summed E-state index contributed by atoms with van der Waals surface area (Å²) in [5, 5.41) is 3.46. The molecule has 1 aromatic rings. The monoisotopic (exact) mass is 402 g/mol. The topological polar surface area (TPSA) is 15.3 Å². The first-order valence-electron chi connectivity index (χ1n) is 8.96. The molecule has 144 valence electrons. The highest BCUT2D eigenvalue weighted by atomic mass is 28.5. The van der Waals surface area contributed by atoms with E-state index in [-0.39, 0.29) is 15.3 Å². The number of nitrogens with one attached hydrogen (secondary N) is 1. The molecule has 0 saturated carbocycles. The Morgan fingerprint density at radius 2 is 1.24 bits per heavy atom. The molecule has 0 saturated heterocycles. The molecule has 0 fully saturated rings. The van der Waals surface area contributed by atoms with E-state index < -0.39 is 25.4 Å². The van der Waals surface area contributed by atoms with Gasteiger partial charge in [0.25, 0.3) is 0 Å². The van der Waals surface area contributed by atoms with E-state index in [1.807, 2.05) is 0 Å². The Balaban J connectivity index is 3.49. The molecule has 0 aliphatic heterocycles. The molecule has 0 amide bonds. The molecule has 1 rings (SSSR count). The maximum atomic E-state index is 15.8. The third kappa shape index (κ3) is 4.68. The van der Waals surface area contributed by atoms with Crippen LogP contribution in [0.2, 0.25) is 36.3 Å². The van der Waals surface area contributed by atoms with Gasteiger partial charge >= 0.3 is 8.90 Å². The van der Waals surface area contributed by atoms with Crippen LogP contribution in [-0.4, -0.2) is 29.7 Å². The zero-order valence-corrected chi connectivity index (χ0v) is 20.6. The Morgan fingerprint density at radius 1 is 0.800 bits per heavy atom. The summed E-state index contributed by atoms with van der Waals surface area (Å²) in [5.41, 5.74) is 0. The number of benzene rings is 1. The number of rotatable bonds is 5. The average molecular weight is 403 g/mol. The van der Waals surface area contributed by atoms with Crippen molar-refractivity contribution >= 4 is 30.6 Å². The van der Waals surface area contributed by atoms with Gasteiger partial charge in [0.1, 0.15) is 16.5 Å². The summed E-state index contributed by atoms with van der Waals surface area (Å²) >= 11 is 0. The van der Waals surface area contributed by atoms with Crippen LogP contribution in [0.15, 0.2) is 30.3 Å². The van der Waals surface area contributed by atoms with E-state index in [1.54, 1.807) is 30.3 Å². The summed E-state index contributed by atoms with van der Waals surface area (Å²) in [7, 11) is -9.43. The van der Waals surface area contributed by atoms with Crippen molar-refractivity contribution in [1.82, 2.24) is 9.43 Å². The quantitative estimate of drug-likeness (QED) is 0.392. The lowest BCUT2D eigenvalue weighted by atomic mass is 10.2. The first kappa shape index (κ1) is 22.7. The maximum Gasteiger partial charge on any atom is 0.546 e. The van der Waals surface area contributed by atoms with E-state index in [9.17, 15) is 0 Å². The zero-order chi connectivity index (χ0) is 19.9. The fraction of sp³-hybridized carbons (Fsp3) is 0.667. The van der Waals surface area contributed by atoms with Crippen LogP contribution in [0.25, 0.3) is 0 Å². The molecule has 1 aromatic carbocycles. The summed E-state index contributed by atoms with van der Waals surface area (Å²) in [6.45, 7) is 21.2. The average Bonchev–Trinajstić information content (AvgIpc) is 2.43. The normalized spacial score (nSPS) is 14.9. The summed E-state index contributed by atoms with van der Waals surface area (Å²) in [4.78, 5) is 0. The lowest BCUT2D eigenvalue weighted by Crippen LogP contribution is -2.78. The van der Waals surface area contributed by atoms with Crippen molar-refractivity contribution in [3.05, 3.63) is 30.3 Å². The van der Waals surface area contributed by atoms with Gasteiger partial charge in [0, 0.05) is 5.19 Å². The zero-order valence-electron chi connectivity index (χ0n) is 17.6. The third-order valence-corrected chi connectivity index (χ3v) is 20.2. The lowest BCUT2D eigenvalue weighted by molar-refractivity contribution is 0.404. The van der Waals surface area contributed by atoms with E-state index in [0.717, 1.165) is 0 Å². The molecule has 1 N–H and O–H groups in total. The molecular formula is C18H36F2N2Si3. The van der Waals surface area contributed by atoms with Gasteiger partial charge in [0.05, 0.1) is 0 Å². The summed E-state index contributed by atoms with van der Waals surface area (Å²) < 4.78 is 33.2. The molecular weight excluding hydrogens is 366 g/mol. The standard InChI is InChI=1S/C18H36F2N2Si3/c1-17(2,3)23(7,8)21-22(24(9,10)18(4,5)6)25(19,20)16-14-12-11-13-15-16/h11-15,21H,1-10H3. The van der Waals surface area contributed by atoms with Gasteiger partial charge in [-0.2, -0.15) is 0 Å². The Bertz CT molecular complexity index is 576. The van der Waals surface area contributed by atoms with Crippen LogP contribution in [-0.2, 0) is 0 Å². The molecule has 0 aliphatic carbocycles. The second-order valence-electron chi connectivity index (χ2n) is 10.0. The minimum Gasteiger partial charge on any atom is -0.284 e. The predicted octanol–water partition coefficient (Wildman–Crippen LogP) is 5.59. The number of hydrogen-bond donors (Lipinski definition) is 1. The minimum atomic E-state index is -4.82. The van der Waals surface area contributed by atoms with Crippen LogP contribution < -0.4 is 10.3 Å². The molecule has 2 nitrogen and oxygen atoms in total. The minimum absolute atomic E-state index is 0.0191. The molecule has 0 aromatic heterocycles. The molecule has 25 heavy (non-hydrogen) atoms. The van der Waals surface area contributed by atoms with E-state index in [2.05, 4.69) is 72.8 Å². The first-order valence-corrected chi connectivity index (χ1v) is 16.6. The molecule has 0 spiro atoms. The lowest BCUT2D eigenvalue weighted by Gasteiger charge is -2.52. The molecule has 7 heteroatoms. The molecule has 0 aliphatic rings. The van der Waals surface area contributed by atoms with Crippen LogP contribution >= 0.6 is 0 Å². The van der Waals surface area contributed by atoms with Gasteiger partial charge < -0.3 is 0 Å². The van der Waals surface area contributed by atoms with Crippen LogP contribution in [0.3, 0.4) is 0 Å². The van der Waals surface area contributed by atoms with Crippen molar-refractivity contribution in [2.75, 3.05) is 0 Å². The van der Waals surface area contributed by atoms with Gasteiger partial charge in [-0.15, -0.1) is 0 Å². The molecule has 0 unspecified atom stereocenters. The fourth-order valence-electron chi connectivity index (χ4n) is 2.11. The van der Waals surface area contributed by atoms with Crippen molar-refractivity contribution < 1.29 is 8.22 Å². The van der Waals surface area contributed by atoms with E-state index in [4.69, 9.17) is 0 Å².